The van der Waals surface area contributed by atoms with Gasteiger partial charge in [0.2, 0.25) is 0 Å². The number of fused-ring (bicyclic) bond motifs is 1. The minimum atomic E-state index is 0.205. The van der Waals surface area contributed by atoms with Crippen LogP contribution in [-0.4, -0.2) is 71.5 Å². The van der Waals surface area contributed by atoms with Crippen LogP contribution in [0.15, 0.2) is 30.5 Å². The summed E-state index contributed by atoms with van der Waals surface area (Å²) in [5.74, 6) is 0. The highest BCUT2D eigenvalue weighted by Gasteiger charge is 2.41. The van der Waals surface area contributed by atoms with Gasteiger partial charge in [-0.1, -0.05) is 6.07 Å². The number of aryl methyl sites for hydroxylation is 1. The van der Waals surface area contributed by atoms with Crippen LogP contribution in [0.5, 0.6) is 0 Å². The van der Waals surface area contributed by atoms with Crippen molar-refractivity contribution in [2.24, 2.45) is 0 Å². The summed E-state index contributed by atoms with van der Waals surface area (Å²) in [6.45, 7) is 17.8. The number of likely N-dealkylation sites (N-methyl/N-ethyl adjacent to an activating group) is 1. The topological polar surface area (TPSA) is 43.4 Å². The number of hydrogen-bond acceptors (Lipinski definition) is 3. The maximum atomic E-state index is 6.20. The quantitative estimate of drug-likeness (QED) is 0.564. The van der Waals surface area contributed by atoms with Crippen LogP contribution in [0, 0.1) is 0 Å². The van der Waals surface area contributed by atoms with Crippen molar-refractivity contribution in [1.82, 2.24) is 9.47 Å². The van der Waals surface area contributed by atoms with E-state index in [2.05, 4.69) is 69.5 Å². The molecule has 1 aliphatic rings. The van der Waals surface area contributed by atoms with Crippen molar-refractivity contribution in [3.8, 4) is 0 Å². The van der Waals surface area contributed by atoms with Crippen LogP contribution in [0.1, 0.15) is 41.0 Å². The largest absolute Gasteiger partial charge is 0.398 e. The minimum absolute atomic E-state index is 0.205. The van der Waals surface area contributed by atoms with Gasteiger partial charge in [0, 0.05) is 43.4 Å². The van der Waals surface area contributed by atoms with Gasteiger partial charge in [0.1, 0.15) is 12.6 Å². The third-order valence-electron chi connectivity index (χ3n) is 7.20. The molecule has 1 aliphatic heterocycles. The second-order valence-electron chi connectivity index (χ2n) is 10.2. The van der Waals surface area contributed by atoms with Crippen LogP contribution in [0.2, 0.25) is 0 Å². The van der Waals surface area contributed by atoms with Crippen molar-refractivity contribution >= 4 is 16.6 Å². The number of aromatic nitrogens is 1. The van der Waals surface area contributed by atoms with Gasteiger partial charge in [0.25, 0.3) is 0 Å². The summed E-state index contributed by atoms with van der Waals surface area (Å²) in [4.78, 5) is 2.58. The Labute approximate surface area is 177 Å². The Kier molecular flexibility index (Phi) is 6.61. The number of rotatable bonds is 7. The standard InChI is InChI=1S/C24H41N4O/c1-19(2)28(6,24(3,4)5)18-20-17-26(15-16-29-20)12-8-13-27-14-11-21-22(25)9-7-10-23(21)27/h7,9-11,14,19-20H,8,12-13,15-18,25H2,1-6H3/q+1. The zero-order valence-electron chi connectivity index (χ0n) is 19.3. The van der Waals surface area contributed by atoms with Gasteiger partial charge in [-0.25, -0.2) is 0 Å². The van der Waals surface area contributed by atoms with Gasteiger partial charge in [-0.15, -0.1) is 0 Å². The normalized spacial score (nSPS) is 21.0. The molecule has 1 aromatic heterocycles. The van der Waals surface area contributed by atoms with Gasteiger partial charge < -0.3 is 19.5 Å². The van der Waals surface area contributed by atoms with Crippen molar-refractivity contribution in [2.75, 3.05) is 45.6 Å². The second-order valence-corrected chi connectivity index (χ2v) is 10.2. The molecule has 0 aliphatic carbocycles. The first-order valence-electron chi connectivity index (χ1n) is 11.1. The zero-order chi connectivity index (χ0) is 21.2. The summed E-state index contributed by atoms with van der Waals surface area (Å²) in [7, 11) is 2.38. The van der Waals surface area contributed by atoms with Crippen LogP contribution in [0.25, 0.3) is 10.9 Å². The average molecular weight is 402 g/mol. The van der Waals surface area contributed by atoms with E-state index < -0.39 is 0 Å². The molecular formula is C24H41N4O+. The number of anilines is 1. The number of nitrogen functional groups attached to an aromatic ring is 1. The lowest BCUT2D eigenvalue weighted by molar-refractivity contribution is -0.974. The molecule has 0 spiro atoms. The van der Waals surface area contributed by atoms with E-state index in [4.69, 9.17) is 10.5 Å². The first-order chi connectivity index (χ1) is 13.6. The molecule has 2 unspecified atom stereocenters. The SMILES string of the molecule is CC(C)[N+](C)(CC1CN(CCCn2ccc3c(N)cccc32)CCO1)C(C)(C)C. The summed E-state index contributed by atoms with van der Waals surface area (Å²) >= 11 is 0. The van der Waals surface area contributed by atoms with Crippen molar-refractivity contribution in [3.63, 3.8) is 0 Å². The second kappa shape index (κ2) is 8.66. The molecule has 1 aromatic carbocycles. The monoisotopic (exact) mass is 401 g/mol. The van der Waals surface area contributed by atoms with Crippen LogP contribution in [0.3, 0.4) is 0 Å². The molecule has 2 N–H and O–H groups in total. The zero-order valence-corrected chi connectivity index (χ0v) is 19.3. The predicted molar refractivity (Wildman–Crippen MR) is 123 cm³/mol. The number of ether oxygens (including phenoxy) is 1. The smallest absolute Gasteiger partial charge is 0.119 e. The Morgan fingerprint density at radius 3 is 2.66 bits per heavy atom. The molecule has 5 heteroatoms. The molecule has 1 saturated heterocycles. The van der Waals surface area contributed by atoms with E-state index in [0.717, 1.165) is 61.3 Å². The van der Waals surface area contributed by atoms with E-state index in [0.29, 0.717) is 12.1 Å². The van der Waals surface area contributed by atoms with Crippen molar-refractivity contribution in [1.29, 1.82) is 0 Å². The summed E-state index contributed by atoms with van der Waals surface area (Å²) in [6.07, 6.45) is 3.61. The lowest BCUT2D eigenvalue weighted by atomic mass is 9.98. The fourth-order valence-corrected chi connectivity index (χ4v) is 4.68. The predicted octanol–water partition coefficient (Wildman–Crippen LogP) is 3.97. The van der Waals surface area contributed by atoms with Crippen molar-refractivity contribution in [3.05, 3.63) is 30.5 Å². The highest BCUT2D eigenvalue weighted by atomic mass is 16.5. The van der Waals surface area contributed by atoms with Crippen LogP contribution in [0.4, 0.5) is 5.69 Å². The summed E-state index contributed by atoms with van der Waals surface area (Å²) in [5, 5.41) is 1.16. The molecule has 0 saturated carbocycles. The number of benzene rings is 1. The molecule has 0 amide bonds. The first kappa shape index (κ1) is 22.1. The highest BCUT2D eigenvalue weighted by molar-refractivity contribution is 5.91. The fourth-order valence-electron chi connectivity index (χ4n) is 4.68. The summed E-state index contributed by atoms with van der Waals surface area (Å²) < 4.78 is 9.56. The van der Waals surface area contributed by atoms with Crippen LogP contribution < -0.4 is 5.73 Å². The van der Waals surface area contributed by atoms with Gasteiger partial charge in [0.05, 0.1) is 30.8 Å². The molecule has 2 aromatic rings. The molecule has 162 valence electrons. The third-order valence-corrected chi connectivity index (χ3v) is 7.20. The van der Waals surface area contributed by atoms with E-state index >= 15 is 0 Å². The van der Waals surface area contributed by atoms with Crippen molar-refractivity contribution < 1.29 is 9.22 Å². The van der Waals surface area contributed by atoms with Gasteiger partial charge >= 0.3 is 0 Å². The lowest BCUT2D eigenvalue weighted by Crippen LogP contribution is -2.65. The maximum Gasteiger partial charge on any atom is 0.119 e. The Hall–Kier alpha value is -1.56. The van der Waals surface area contributed by atoms with Crippen LogP contribution in [-0.2, 0) is 11.3 Å². The van der Waals surface area contributed by atoms with Gasteiger partial charge in [-0.05, 0) is 59.2 Å². The molecule has 1 fully saturated rings. The first-order valence-corrected chi connectivity index (χ1v) is 11.1. The van der Waals surface area contributed by atoms with E-state index in [1.807, 2.05) is 12.1 Å². The maximum absolute atomic E-state index is 6.20. The van der Waals surface area contributed by atoms with Gasteiger partial charge in [0.15, 0.2) is 0 Å². The molecule has 0 radical (unpaired) electrons. The average Bonchev–Trinajstić information content (AvgIpc) is 3.05. The Bertz CT molecular complexity index is 807. The van der Waals surface area contributed by atoms with Crippen LogP contribution >= 0.6 is 0 Å². The third kappa shape index (κ3) is 4.79. The fraction of sp³-hybridized carbons (Fsp3) is 0.667. The molecule has 5 nitrogen and oxygen atoms in total. The van der Waals surface area contributed by atoms with Crippen molar-refractivity contribution in [2.45, 2.75) is 65.3 Å². The number of hydrogen-bond donors (Lipinski definition) is 1. The Balaban J connectivity index is 1.55. The summed E-state index contributed by atoms with van der Waals surface area (Å²) in [6, 6.07) is 8.88. The molecule has 2 heterocycles. The number of nitrogens with two attached hydrogens (primary N) is 1. The minimum Gasteiger partial charge on any atom is -0.398 e. The van der Waals surface area contributed by atoms with E-state index in [1.165, 1.54) is 5.52 Å². The molecule has 2 atom stereocenters. The van der Waals surface area contributed by atoms with Gasteiger partial charge in [-0.2, -0.15) is 0 Å². The lowest BCUT2D eigenvalue weighted by Gasteiger charge is -2.51. The summed E-state index contributed by atoms with van der Waals surface area (Å²) in [5.41, 5.74) is 8.40. The molecule has 0 bridgehead atoms. The van der Waals surface area contributed by atoms with E-state index in [1.54, 1.807) is 0 Å². The molecular weight excluding hydrogens is 360 g/mol. The molecule has 29 heavy (non-hydrogen) atoms. The van der Waals surface area contributed by atoms with E-state index in [-0.39, 0.29) is 5.54 Å². The Morgan fingerprint density at radius 2 is 1.97 bits per heavy atom. The molecule has 3 rings (SSSR count). The highest BCUT2D eigenvalue weighted by Crippen LogP contribution is 2.28. The Morgan fingerprint density at radius 1 is 1.21 bits per heavy atom. The number of quaternary nitrogens is 1. The number of nitrogens with zero attached hydrogens (tertiary/aromatic N) is 3. The van der Waals surface area contributed by atoms with Gasteiger partial charge in [-0.3, -0.25) is 4.90 Å². The number of morpholine rings is 1. The van der Waals surface area contributed by atoms with E-state index in [9.17, 15) is 0 Å².